The zero-order valence-corrected chi connectivity index (χ0v) is 9.04. The Kier molecular flexibility index (Phi) is 4.72. The van der Waals surface area contributed by atoms with Crippen LogP contribution in [0.1, 0.15) is 12.1 Å². The zero-order chi connectivity index (χ0) is 12.0. The molecule has 86 valence electrons. The van der Waals surface area contributed by atoms with Crippen LogP contribution < -0.4 is 5.32 Å². The van der Waals surface area contributed by atoms with Crippen molar-refractivity contribution in [3.05, 3.63) is 34.9 Å². The van der Waals surface area contributed by atoms with Crippen molar-refractivity contribution in [2.24, 2.45) is 0 Å². The molecular weight excluding hydrogens is 235 g/mol. The summed E-state index contributed by atoms with van der Waals surface area (Å²) in [6.07, 6.45) is 3.86. The highest BCUT2D eigenvalue weighted by molar-refractivity contribution is 6.30. The number of halogens is 2. The molecule has 0 fully saturated rings. The summed E-state index contributed by atoms with van der Waals surface area (Å²) < 4.78 is 13.3. The summed E-state index contributed by atoms with van der Waals surface area (Å²) in [7, 11) is 0. The standard InChI is InChI=1S/C10H10ClFN2O2/c11-7-4-6-13-8(9(7)12)3-1-2-5-14-10(15)16/h1,3-4,6,14H,2,5H2,(H,15,16). The molecule has 1 rings (SSSR count). The molecule has 0 aliphatic carbocycles. The van der Waals surface area contributed by atoms with Crippen LogP contribution in [0.15, 0.2) is 18.3 Å². The summed E-state index contributed by atoms with van der Waals surface area (Å²) in [5, 5.41) is 10.5. The van der Waals surface area contributed by atoms with E-state index in [2.05, 4.69) is 10.3 Å². The molecule has 6 heteroatoms. The lowest BCUT2D eigenvalue weighted by atomic mass is 10.3. The van der Waals surface area contributed by atoms with Crippen LogP contribution in [0.4, 0.5) is 9.18 Å². The fourth-order valence-corrected chi connectivity index (χ4v) is 1.16. The first kappa shape index (κ1) is 12.4. The predicted molar refractivity (Wildman–Crippen MR) is 58.9 cm³/mol. The van der Waals surface area contributed by atoms with Gasteiger partial charge in [0.2, 0.25) is 0 Å². The van der Waals surface area contributed by atoms with E-state index >= 15 is 0 Å². The molecule has 0 spiro atoms. The second kappa shape index (κ2) is 6.07. The minimum absolute atomic E-state index is 0.0123. The highest BCUT2D eigenvalue weighted by Crippen LogP contribution is 2.16. The molecule has 0 atom stereocenters. The number of rotatable bonds is 4. The van der Waals surface area contributed by atoms with E-state index in [0.29, 0.717) is 6.42 Å². The van der Waals surface area contributed by atoms with E-state index in [0.717, 1.165) is 0 Å². The minimum Gasteiger partial charge on any atom is -0.465 e. The van der Waals surface area contributed by atoms with E-state index in [-0.39, 0.29) is 17.3 Å². The highest BCUT2D eigenvalue weighted by atomic mass is 35.5. The number of nitrogens with zero attached hydrogens (tertiary/aromatic N) is 1. The Morgan fingerprint density at radius 1 is 1.69 bits per heavy atom. The molecule has 1 aromatic heterocycles. The maximum absolute atomic E-state index is 13.3. The number of pyridine rings is 1. The van der Waals surface area contributed by atoms with Gasteiger partial charge in [0.05, 0.1) is 10.7 Å². The summed E-state index contributed by atoms with van der Waals surface area (Å²) in [6, 6.07) is 1.36. The van der Waals surface area contributed by atoms with E-state index in [1.165, 1.54) is 18.3 Å². The average molecular weight is 245 g/mol. The Balaban J connectivity index is 2.50. The molecule has 0 aromatic carbocycles. The Labute approximate surface area is 96.8 Å². The minimum atomic E-state index is -1.08. The highest BCUT2D eigenvalue weighted by Gasteiger charge is 2.03. The third-order valence-electron chi connectivity index (χ3n) is 1.73. The molecule has 4 nitrogen and oxygen atoms in total. The van der Waals surface area contributed by atoms with E-state index in [4.69, 9.17) is 16.7 Å². The maximum atomic E-state index is 13.3. The van der Waals surface area contributed by atoms with Crippen molar-refractivity contribution in [2.45, 2.75) is 6.42 Å². The molecular formula is C10H10ClFN2O2. The van der Waals surface area contributed by atoms with Crippen molar-refractivity contribution in [1.82, 2.24) is 10.3 Å². The van der Waals surface area contributed by atoms with Crippen LogP contribution in [0.3, 0.4) is 0 Å². The molecule has 0 saturated heterocycles. The summed E-state index contributed by atoms with van der Waals surface area (Å²) in [5.74, 6) is -0.577. The molecule has 0 radical (unpaired) electrons. The Morgan fingerprint density at radius 2 is 2.44 bits per heavy atom. The first-order valence-corrected chi connectivity index (χ1v) is 4.92. The quantitative estimate of drug-likeness (QED) is 0.800. The first-order chi connectivity index (χ1) is 7.61. The molecule has 0 aliphatic rings. The molecule has 2 N–H and O–H groups in total. The van der Waals surface area contributed by atoms with Gasteiger partial charge >= 0.3 is 6.09 Å². The fourth-order valence-electron chi connectivity index (χ4n) is 1.01. The Bertz CT molecular complexity index is 410. The van der Waals surface area contributed by atoms with Crippen molar-refractivity contribution in [2.75, 3.05) is 6.54 Å². The summed E-state index contributed by atoms with van der Waals surface area (Å²) in [4.78, 5) is 13.9. The van der Waals surface area contributed by atoms with Gasteiger partial charge in [-0.15, -0.1) is 0 Å². The second-order valence-corrected chi connectivity index (χ2v) is 3.32. The summed E-state index contributed by atoms with van der Waals surface area (Å²) in [5.41, 5.74) is 0.142. The van der Waals surface area contributed by atoms with Crippen molar-refractivity contribution < 1.29 is 14.3 Å². The molecule has 1 aromatic rings. The van der Waals surface area contributed by atoms with Crippen molar-refractivity contribution in [3.8, 4) is 0 Å². The van der Waals surface area contributed by atoms with E-state index in [9.17, 15) is 9.18 Å². The van der Waals surface area contributed by atoms with Crippen LogP contribution in [0.2, 0.25) is 5.02 Å². The lowest BCUT2D eigenvalue weighted by Gasteiger charge is -1.98. The molecule has 16 heavy (non-hydrogen) atoms. The number of aromatic nitrogens is 1. The SMILES string of the molecule is O=C(O)NCCC=Cc1nccc(Cl)c1F. The van der Waals surface area contributed by atoms with Gasteiger partial charge < -0.3 is 10.4 Å². The van der Waals surface area contributed by atoms with Crippen LogP contribution >= 0.6 is 11.6 Å². The van der Waals surface area contributed by atoms with E-state index in [1.54, 1.807) is 6.08 Å². The van der Waals surface area contributed by atoms with Gasteiger partial charge in [0.25, 0.3) is 0 Å². The van der Waals surface area contributed by atoms with Gasteiger partial charge in [-0.2, -0.15) is 0 Å². The van der Waals surface area contributed by atoms with Gasteiger partial charge in [0, 0.05) is 12.7 Å². The lowest BCUT2D eigenvalue weighted by Crippen LogP contribution is -2.21. The summed E-state index contributed by atoms with van der Waals surface area (Å²) in [6.45, 7) is 0.272. The van der Waals surface area contributed by atoms with Crippen molar-refractivity contribution in [1.29, 1.82) is 0 Å². The fraction of sp³-hybridized carbons (Fsp3) is 0.200. The molecule has 1 amide bonds. The topological polar surface area (TPSA) is 62.2 Å². The van der Waals surface area contributed by atoms with Crippen LogP contribution in [-0.2, 0) is 0 Å². The largest absolute Gasteiger partial charge is 0.465 e. The van der Waals surface area contributed by atoms with Gasteiger partial charge in [0.1, 0.15) is 0 Å². The normalized spacial score (nSPS) is 10.6. The first-order valence-electron chi connectivity index (χ1n) is 4.54. The number of nitrogens with one attached hydrogen (secondary N) is 1. The van der Waals surface area contributed by atoms with Gasteiger partial charge in [-0.3, -0.25) is 4.98 Å². The van der Waals surface area contributed by atoms with Crippen LogP contribution in [0.25, 0.3) is 6.08 Å². The van der Waals surface area contributed by atoms with E-state index < -0.39 is 11.9 Å². The average Bonchev–Trinajstić information content (AvgIpc) is 2.23. The smallest absolute Gasteiger partial charge is 0.404 e. The Morgan fingerprint density at radius 3 is 3.12 bits per heavy atom. The maximum Gasteiger partial charge on any atom is 0.404 e. The number of carbonyl (C=O) groups is 1. The number of hydrogen-bond acceptors (Lipinski definition) is 2. The van der Waals surface area contributed by atoms with Crippen molar-refractivity contribution >= 4 is 23.8 Å². The predicted octanol–water partition coefficient (Wildman–Crippen LogP) is 2.55. The zero-order valence-electron chi connectivity index (χ0n) is 8.28. The van der Waals surface area contributed by atoms with Gasteiger partial charge in [-0.05, 0) is 18.6 Å². The third kappa shape index (κ3) is 3.86. The lowest BCUT2D eigenvalue weighted by molar-refractivity contribution is 0.194. The molecule has 1 heterocycles. The molecule has 0 aliphatic heterocycles. The monoisotopic (exact) mass is 244 g/mol. The van der Waals surface area contributed by atoms with Crippen molar-refractivity contribution in [3.63, 3.8) is 0 Å². The summed E-state index contributed by atoms with van der Waals surface area (Å²) >= 11 is 5.56. The van der Waals surface area contributed by atoms with Gasteiger partial charge in [-0.1, -0.05) is 17.7 Å². The van der Waals surface area contributed by atoms with Gasteiger partial charge in [-0.25, -0.2) is 9.18 Å². The number of carboxylic acid groups (broad SMARTS) is 1. The van der Waals surface area contributed by atoms with Crippen LogP contribution in [0, 0.1) is 5.82 Å². The van der Waals surface area contributed by atoms with Crippen LogP contribution in [0.5, 0.6) is 0 Å². The third-order valence-corrected chi connectivity index (χ3v) is 2.02. The molecule has 0 unspecified atom stereocenters. The van der Waals surface area contributed by atoms with E-state index in [1.807, 2.05) is 0 Å². The number of hydrogen-bond donors (Lipinski definition) is 2. The molecule has 0 bridgehead atoms. The van der Waals surface area contributed by atoms with Gasteiger partial charge in [0.15, 0.2) is 5.82 Å². The molecule has 0 saturated carbocycles. The second-order valence-electron chi connectivity index (χ2n) is 2.91. The Hall–Kier alpha value is -1.62. The van der Waals surface area contributed by atoms with Crippen LogP contribution in [-0.4, -0.2) is 22.7 Å². The number of amides is 1.